The van der Waals surface area contributed by atoms with E-state index in [9.17, 15) is 9.59 Å². The molecule has 0 aliphatic carbocycles. The van der Waals surface area contributed by atoms with E-state index in [1.165, 1.54) is 19.2 Å². The highest BCUT2D eigenvalue weighted by Gasteiger charge is 2.20. The maximum atomic E-state index is 11.8. The van der Waals surface area contributed by atoms with E-state index in [0.717, 1.165) is 5.56 Å². The second-order valence-electron chi connectivity index (χ2n) is 6.23. The first-order valence-electron chi connectivity index (χ1n) is 7.48. The molecule has 0 N–H and O–H groups in total. The van der Waals surface area contributed by atoms with Gasteiger partial charge in [-0.25, -0.2) is 9.59 Å². The molecule has 24 heavy (non-hydrogen) atoms. The second kappa shape index (κ2) is 7.17. The molecule has 0 aromatic heterocycles. The lowest BCUT2D eigenvalue weighted by atomic mass is 9.87. The van der Waals surface area contributed by atoms with Gasteiger partial charge in [-0.2, -0.15) is 0 Å². The van der Waals surface area contributed by atoms with Crippen LogP contribution >= 0.6 is 0 Å². The molecule has 0 saturated carbocycles. The number of methoxy groups -OCH3 is 1. The van der Waals surface area contributed by atoms with Crippen LogP contribution in [-0.2, 0) is 15.0 Å². The zero-order valence-electron chi connectivity index (χ0n) is 14.2. The highest BCUT2D eigenvalue weighted by atomic mass is 16.6. The van der Waals surface area contributed by atoms with Gasteiger partial charge in [-0.1, -0.05) is 32.9 Å². The van der Waals surface area contributed by atoms with Crippen molar-refractivity contribution in [3.05, 3.63) is 54.1 Å². The first-order chi connectivity index (χ1) is 11.3. The number of esters is 2. The van der Waals surface area contributed by atoms with Crippen LogP contribution in [0.25, 0.3) is 0 Å². The third kappa shape index (κ3) is 4.59. The molecule has 0 atom stereocenters. The molecular formula is C19H20O5. The Morgan fingerprint density at radius 1 is 0.708 bits per heavy atom. The first kappa shape index (κ1) is 17.5. The maximum absolute atomic E-state index is 11.8. The van der Waals surface area contributed by atoms with Crippen LogP contribution in [0, 0.1) is 0 Å². The van der Waals surface area contributed by atoms with E-state index < -0.39 is 11.9 Å². The van der Waals surface area contributed by atoms with E-state index in [4.69, 9.17) is 14.2 Å². The number of hydrogen-bond acceptors (Lipinski definition) is 5. The number of ether oxygens (including phenoxy) is 3. The Kier molecular flexibility index (Phi) is 5.24. The summed E-state index contributed by atoms with van der Waals surface area (Å²) in [7, 11) is 1.53. The SMILES string of the molecule is COc1ccc(OC(=O)C(=O)Oc2ccc(C(C)(C)C)cc2)cc1. The molecule has 0 spiro atoms. The van der Waals surface area contributed by atoms with Crippen molar-refractivity contribution in [2.24, 2.45) is 0 Å². The number of carbonyl (C=O) groups is 2. The molecule has 0 aliphatic rings. The Bertz CT molecular complexity index is 709. The standard InChI is InChI=1S/C19H20O5/c1-19(2,3)13-5-7-15(8-6-13)23-17(20)18(21)24-16-11-9-14(22-4)10-12-16/h5-12H,1-4H3. The molecule has 2 rings (SSSR count). The van der Waals surface area contributed by atoms with Gasteiger partial charge in [-0.3, -0.25) is 0 Å². The molecule has 0 bridgehead atoms. The zero-order valence-corrected chi connectivity index (χ0v) is 14.2. The molecule has 5 nitrogen and oxygen atoms in total. The fourth-order valence-corrected chi connectivity index (χ4v) is 1.96. The lowest BCUT2D eigenvalue weighted by Gasteiger charge is -2.18. The Labute approximate surface area is 141 Å². The van der Waals surface area contributed by atoms with Gasteiger partial charge in [0.05, 0.1) is 7.11 Å². The van der Waals surface area contributed by atoms with Gasteiger partial charge in [0.25, 0.3) is 0 Å². The minimum absolute atomic E-state index is 0.00413. The second-order valence-corrected chi connectivity index (χ2v) is 6.23. The van der Waals surface area contributed by atoms with Crippen molar-refractivity contribution < 1.29 is 23.8 Å². The Morgan fingerprint density at radius 3 is 1.46 bits per heavy atom. The largest absolute Gasteiger partial charge is 0.497 e. The summed E-state index contributed by atoms with van der Waals surface area (Å²) in [5, 5.41) is 0. The van der Waals surface area contributed by atoms with Gasteiger partial charge in [0, 0.05) is 0 Å². The van der Waals surface area contributed by atoms with Crippen LogP contribution in [0.1, 0.15) is 26.3 Å². The van der Waals surface area contributed by atoms with E-state index in [1.54, 1.807) is 24.3 Å². The van der Waals surface area contributed by atoms with Gasteiger partial charge in [0.15, 0.2) is 0 Å². The number of hydrogen-bond donors (Lipinski definition) is 0. The van der Waals surface area contributed by atoms with Crippen molar-refractivity contribution >= 4 is 11.9 Å². The van der Waals surface area contributed by atoms with Gasteiger partial charge in [-0.05, 0) is 47.4 Å². The normalized spacial score (nSPS) is 10.8. The maximum Gasteiger partial charge on any atom is 0.423 e. The van der Waals surface area contributed by atoms with Crippen molar-refractivity contribution in [3.8, 4) is 17.2 Å². The van der Waals surface area contributed by atoms with E-state index >= 15 is 0 Å². The quantitative estimate of drug-likeness (QED) is 0.490. The molecule has 126 valence electrons. The van der Waals surface area contributed by atoms with Gasteiger partial charge in [0.2, 0.25) is 0 Å². The molecular weight excluding hydrogens is 308 g/mol. The van der Waals surface area contributed by atoms with Gasteiger partial charge < -0.3 is 14.2 Å². The molecule has 0 radical (unpaired) electrons. The van der Waals surface area contributed by atoms with Crippen molar-refractivity contribution in [2.45, 2.75) is 26.2 Å². The first-order valence-corrected chi connectivity index (χ1v) is 7.48. The monoisotopic (exact) mass is 328 g/mol. The lowest BCUT2D eigenvalue weighted by molar-refractivity contribution is -0.156. The predicted octanol–water partition coefficient (Wildman–Crippen LogP) is 3.50. The smallest absolute Gasteiger partial charge is 0.423 e. The van der Waals surface area contributed by atoms with E-state index in [0.29, 0.717) is 11.5 Å². The fourth-order valence-electron chi connectivity index (χ4n) is 1.96. The number of benzene rings is 2. The summed E-state index contributed by atoms with van der Waals surface area (Å²) in [5.74, 6) is -1.01. The number of carbonyl (C=O) groups excluding carboxylic acids is 2. The van der Waals surface area contributed by atoms with Gasteiger partial charge >= 0.3 is 11.9 Å². The summed E-state index contributed by atoms with van der Waals surface area (Å²) in [6, 6.07) is 13.3. The minimum atomic E-state index is -1.08. The van der Waals surface area contributed by atoms with Gasteiger partial charge in [0.1, 0.15) is 17.2 Å². The van der Waals surface area contributed by atoms with Crippen molar-refractivity contribution in [1.82, 2.24) is 0 Å². The molecule has 0 saturated heterocycles. The summed E-state index contributed by atoms with van der Waals surface area (Å²) in [6.45, 7) is 6.25. The highest BCUT2D eigenvalue weighted by molar-refractivity contribution is 6.31. The molecule has 2 aromatic carbocycles. The summed E-state index contributed by atoms with van der Waals surface area (Å²) in [5.41, 5.74) is 1.10. The fraction of sp³-hybridized carbons (Fsp3) is 0.263. The summed E-state index contributed by atoms with van der Waals surface area (Å²) in [4.78, 5) is 23.6. The van der Waals surface area contributed by atoms with Crippen molar-refractivity contribution in [2.75, 3.05) is 7.11 Å². The van der Waals surface area contributed by atoms with E-state index in [1.807, 2.05) is 12.1 Å². The molecule has 0 fully saturated rings. The topological polar surface area (TPSA) is 61.8 Å². The molecule has 5 heteroatoms. The molecule has 0 amide bonds. The average molecular weight is 328 g/mol. The predicted molar refractivity (Wildman–Crippen MR) is 89.4 cm³/mol. The molecule has 0 heterocycles. The van der Waals surface area contributed by atoms with Crippen molar-refractivity contribution in [1.29, 1.82) is 0 Å². The zero-order chi connectivity index (χ0) is 17.7. The van der Waals surface area contributed by atoms with Gasteiger partial charge in [-0.15, -0.1) is 0 Å². The van der Waals surface area contributed by atoms with E-state index in [-0.39, 0.29) is 11.2 Å². The Balaban J connectivity index is 1.97. The summed E-state index contributed by atoms with van der Waals surface area (Å²) >= 11 is 0. The third-order valence-electron chi connectivity index (χ3n) is 3.37. The van der Waals surface area contributed by atoms with Crippen LogP contribution in [0.5, 0.6) is 17.2 Å². The van der Waals surface area contributed by atoms with Crippen LogP contribution in [0.15, 0.2) is 48.5 Å². The van der Waals surface area contributed by atoms with Crippen LogP contribution in [0.4, 0.5) is 0 Å². The van der Waals surface area contributed by atoms with E-state index in [2.05, 4.69) is 20.8 Å². The molecule has 2 aromatic rings. The Hall–Kier alpha value is -2.82. The highest BCUT2D eigenvalue weighted by Crippen LogP contribution is 2.24. The third-order valence-corrected chi connectivity index (χ3v) is 3.37. The van der Waals surface area contributed by atoms with Crippen LogP contribution < -0.4 is 14.2 Å². The lowest BCUT2D eigenvalue weighted by Crippen LogP contribution is -2.25. The number of rotatable bonds is 3. The summed E-state index contributed by atoms with van der Waals surface area (Å²) in [6.07, 6.45) is 0. The minimum Gasteiger partial charge on any atom is -0.497 e. The van der Waals surface area contributed by atoms with Crippen LogP contribution in [-0.4, -0.2) is 19.0 Å². The molecule has 0 unspecified atom stereocenters. The average Bonchev–Trinajstić information content (AvgIpc) is 2.55. The Morgan fingerprint density at radius 2 is 1.08 bits per heavy atom. The van der Waals surface area contributed by atoms with Crippen LogP contribution in [0.3, 0.4) is 0 Å². The molecule has 0 aliphatic heterocycles. The van der Waals surface area contributed by atoms with Crippen molar-refractivity contribution in [3.63, 3.8) is 0 Å². The van der Waals surface area contributed by atoms with Crippen LogP contribution in [0.2, 0.25) is 0 Å². The summed E-state index contributed by atoms with van der Waals surface area (Å²) < 4.78 is 15.0.